The standard InChI is InChI=1S/C16H20N2/c1-10-7-11(2)16-13(9-17)12-5-3-4-6-14(12)18-15(16)8-10/h7-8H,3-6,9,17H2,1-2H3. The lowest BCUT2D eigenvalue weighted by Gasteiger charge is -2.21. The molecule has 0 amide bonds. The number of hydrogen-bond donors (Lipinski definition) is 1. The molecule has 0 aliphatic heterocycles. The van der Waals surface area contributed by atoms with Crippen molar-refractivity contribution in [2.45, 2.75) is 46.1 Å². The highest BCUT2D eigenvalue weighted by atomic mass is 14.7. The molecule has 2 aromatic rings. The summed E-state index contributed by atoms with van der Waals surface area (Å²) in [4.78, 5) is 4.89. The van der Waals surface area contributed by atoms with Crippen molar-refractivity contribution >= 4 is 10.9 Å². The fourth-order valence-corrected chi connectivity index (χ4v) is 3.29. The summed E-state index contributed by atoms with van der Waals surface area (Å²) in [7, 11) is 0. The Labute approximate surface area is 108 Å². The molecule has 0 bridgehead atoms. The SMILES string of the molecule is Cc1cc(C)c2c(CN)c3c(nc2c1)CCCC3. The van der Waals surface area contributed by atoms with Crippen LogP contribution in [0.25, 0.3) is 10.9 Å². The topological polar surface area (TPSA) is 38.9 Å². The molecular weight excluding hydrogens is 220 g/mol. The van der Waals surface area contributed by atoms with Crippen LogP contribution >= 0.6 is 0 Å². The molecule has 0 radical (unpaired) electrons. The Morgan fingerprint density at radius 1 is 1.17 bits per heavy atom. The normalized spacial score (nSPS) is 14.8. The Balaban J connectivity index is 2.40. The van der Waals surface area contributed by atoms with E-state index >= 15 is 0 Å². The third-order valence-electron chi connectivity index (χ3n) is 4.02. The molecule has 1 heterocycles. The zero-order valence-electron chi connectivity index (χ0n) is 11.2. The van der Waals surface area contributed by atoms with Gasteiger partial charge in [0.1, 0.15) is 0 Å². The van der Waals surface area contributed by atoms with Crippen LogP contribution in [-0.2, 0) is 19.4 Å². The maximum Gasteiger partial charge on any atom is 0.0714 e. The molecule has 18 heavy (non-hydrogen) atoms. The first-order valence-electron chi connectivity index (χ1n) is 6.82. The lowest BCUT2D eigenvalue weighted by Crippen LogP contribution is -2.13. The third-order valence-corrected chi connectivity index (χ3v) is 4.02. The molecule has 2 nitrogen and oxygen atoms in total. The van der Waals surface area contributed by atoms with Gasteiger partial charge in [0.2, 0.25) is 0 Å². The van der Waals surface area contributed by atoms with Gasteiger partial charge in [0.25, 0.3) is 0 Å². The molecule has 0 saturated heterocycles. The highest BCUT2D eigenvalue weighted by Gasteiger charge is 2.18. The summed E-state index contributed by atoms with van der Waals surface area (Å²) in [6.45, 7) is 4.94. The van der Waals surface area contributed by atoms with Crippen LogP contribution < -0.4 is 5.73 Å². The Morgan fingerprint density at radius 3 is 2.72 bits per heavy atom. The fraction of sp³-hybridized carbons (Fsp3) is 0.438. The average molecular weight is 240 g/mol. The minimum atomic E-state index is 0.630. The van der Waals surface area contributed by atoms with E-state index in [9.17, 15) is 0 Å². The molecule has 94 valence electrons. The highest BCUT2D eigenvalue weighted by Crippen LogP contribution is 2.31. The van der Waals surface area contributed by atoms with Crippen molar-refractivity contribution < 1.29 is 0 Å². The van der Waals surface area contributed by atoms with Crippen LogP contribution in [0.2, 0.25) is 0 Å². The zero-order valence-corrected chi connectivity index (χ0v) is 11.2. The summed E-state index contributed by atoms with van der Waals surface area (Å²) >= 11 is 0. The second-order valence-corrected chi connectivity index (χ2v) is 5.40. The van der Waals surface area contributed by atoms with E-state index in [0.717, 1.165) is 18.4 Å². The largest absolute Gasteiger partial charge is 0.326 e. The third kappa shape index (κ3) is 1.72. The summed E-state index contributed by atoms with van der Waals surface area (Å²) in [6, 6.07) is 4.43. The number of aromatic nitrogens is 1. The van der Waals surface area contributed by atoms with Gasteiger partial charge < -0.3 is 5.73 Å². The minimum absolute atomic E-state index is 0.630. The van der Waals surface area contributed by atoms with Gasteiger partial charge in [0, 0.05) is 17.6 Å². The number of aryl methyl sites for hydroxylation is 3. The zero-order chi connectivity index (χ0) is 12.7. The van der Waals surface area contributed by atoms with Crippen LogP contribution in [0.3, 0.4) is 0 Å². The summed E-state index contributed by atoms with van der Waals surface area (Å²) in [5, 5.41) is 1.30. The number of fused-ring (bicyclic) bond motifs is 2. The van der Waals surface area contributed by atoms with E-state index in [1.54, 1.807) is 0 Å². The summed E-state index contributed by atoms with van der Waals surface area (Å²) in [6.07, 6.45) is 4.81. The first-order valence-corrected chi connectivity index (χ1v) is 6.82. The van der Waals surface area contributed by atoms with Crippen LogP contribution in [0.1, 0.15) is 40.8 Å². The van der Waals surface area contributed by atoms with Crippen LogP contribution in [-0.4, -0.2) is 4.98 Å². The highest BCUT2D eigenvalue weighted by molar-refractivity contribution is 5.87. The molecule has 0 spiro atoms. The molecule has 1 aromatic heterocycles. The lowest BCUT2D eigenvalue weighted by atomic mass is 9.88. The predicted molar refractivity (Wildman–Crippen MR) is 75.8 cm³/mol. The van der Waals surface area contributed by atoms with Gasteiger partial charge in [-0.3, -0.25) is 4.98 Å². The van der Waals surface area contributed by atoms with Crippen molar-refractivity contribution in [1.29, 1.82) is 0 Å². The van der Waals surface area contributed by atoms with Crippen molar-refractivity contribution in [3.8, 4) is 0 Å². The van der Waals surface area contributed by atoms with Crippen LogP contribution in [0.15, 0.2) is 12.1 Å². The second-order valence-electron chi connectivity index (χ2n) is 5.40. The average Bonchev–Trinajstić information content (AvgIpc) is 2.35. The first-order chi connectivity index (χ1) is 8.70. The molecular formula is C16H20N2. The van der Waals surface area contributed by atoms with E-state index in [0.29, 0.717) is 6.54 Å². The van der Waals surface area contributed by atoms with Gasteiger partial charge in [-0.2, -0.15) is 0 Å². The molecule has 0 saturated carbocycles. The van der Waals surface area contributed by atoms with E-state index in [4.69, 9.17) is 10.7 Å². The summed E-state index contributed by atoms with van der Waals surface area (Å²) in [5.41, 5.74) is 13.8. The van der Waals surface area contributed by atoms with E-state index in [2.05, 4.69) is 26.0 Å². The van der Waals surface area contributed by atoms with Crippen molar-refractivity contribution in [3.63, 3.8) is 0 Å². The monoisotopic (exact) mass is 240 g/mol. The summed E-state index contributed by atoms with van der Waals surface area (Å²) in [5.74, 6) is 0. The Morgan fingerprint density at radius 2 is 1.94 bits per heavy atom. The van der Waals surface area contributed by atoms with Crippen LogP contribution in [0.4, 0.5) is 0 Å². The van der Waals surface area contributed by atoms with Crippen LogP contribution in [0.5, 0.6) is 0 Å². The van der Waals surface area contributed by atoms with E-state index in [1.807, 2.05) is 0 Å². The Bertz CT molecular complexity index is 614. The maximum absolute atomic E-state index is 6.02. The molecule has 1 aromatic carbocycles. The Hall–Kier alpha value is -1.41. The first kappa shape index (κ1) is 11.7. The van der Waals surface area contributed by atoms with Gasteiger partial charge in [0.15, 0.2) is 0 Å². The molecule has 2 heteroatoms. The number of hydrogen-bond acceptors (Lipinski definition) is 2. The number of nitrogens with zero attached hydrogens (tertiary/aromatic N) is 1. The lowest BCUT2D eigenvalue weighted by molar-refractivity contribution is 0.664. The van der Waals surface area contributed by atoms with Crippen molar-refractivity contribution in [3.05, 3.63) is 40.1 Å². The predicted octanol–water partition coefficient (Wildman–Crippen LogP) is 3.19. The van der Waals surface area contributed by atoms with Gasteiger partial charge >= 0.3 is 0 Å². The number of nitrogens with two attached hydrogens (primary N) is 1. The fourth-order valence-electron chi connectivity index (χ4n) is 3.29. The van der Waals surface area contributed by atoms with Crippen LogP contribution in [0, 0.1) is 13.8 Å². The molecule has 2 N–H and O–H groups in total. The van der Waals surface area contributed by atoms with E-state index < -0.39 is 0 Å². The molecule has 1 aliphatic rings. The van der Waals surface area contributed by atoms with Crippen molar-refractivity contribution in [1.82, 2.24) is 4.98 Å². The van der Waals surface area contributed by atoms with E-state index in [-0.39, 0.29) is 0 Å². The minimum Gasteiger partial charge on any atom is -0.326 e. The van der Waals surface area contributed by atoms with Gasteiger partial charge in [0.05, 0.1) is 5.52 Å². The van der Waals surface area contributed by atoms with Gasteiger partial charge in [-0.1, -0.05) is 6.07 Å². The van der Waals surface area contributed by atoms with Gasteiger partial charge in [-0.15, -0.1) is 0 Å². The number of benzene rings is 1. The molecule has 1 aliphatic carbocycles. The maximum atomic E-state index is 6.02. The summed E-state index contributed by atoms with van der Waals surface area (Å²) < 4.78 is 0. The van der Waals surface area contributed by atoms with Crippen molar-refractivity contribution in [2.24, 2.45) is 5.73 Å². The van der Waals surface area contributed by atoms with Gasteiger partial charge in [-0.05, 0) is 67.9 Å². The van der Waals surface area contributed by atoms with Crippen molar-refractivity contribution in [2.75, 3.05) is 0 Å². The second kappa shape index (κ2) is 4.36. The smallest absolute Gasteiger partial charge is 0.0714 e. The molecule has 0 unspecified atom stereocenters. The van der Waals surface area contributed by atoms with Gasteiger partial charge in [-0.25, -0.2) is 0 Å². The quantitative estimate of drug-likeness (QED) is 0.831. The molecule has 3 rings (SSSR count). The van der Waals surface area contributed by atoms with E-state index in [1.165, 1.54) is 46.2 Å². The Kier molecular flexibility index (Phi) is 2.83. The number of pyridine rings is 1. The molecule has 0 fully saturated rings. The molecule has 0 atom stereocenters. The number of rotatable bonds is 1.